The number of anilines is 1. The van der Waals surface area contributed by atoms with Crippen LogP contribution in [0, 0.1) is 4.77 Å². The number of amides is 1. The Morgan fingerprint density at radius 1 is 1.20 bits per heavy atom. The standard InChI is InChI=1S/C19H26N4OS/c24-17(21-14-8-3-4-9-14)12-2-1-7-13-20-18-15-10-5-6-11-16(15)22-19(25)23-18/h5-6,10-11,14H,1-4,7-9,12-13H2,(H,21,24)(H2,20,22,23,25). The molecule has 1 aliphatic rings. The first-order valence-electron chi connectivity index (χ1n) is 9.25. The van der Waals surface area contributed by atoms with Gasteiger partial charge in [0.2, 0.25) is 5.91 Å². The molecule has 0 atom stereocenters. The second kappa shape index (κ2) is 8.94. The number of nitrogens with zero attached hydrogens (tertiary/aromatic N) is 1. The molecule has 2 aromatic rings. The van der Waals surface area contributed by atoms with E-state index in [9.17, 15) is 4.79 Å². The van der Waals surface area contributed by atoms with E-state index in [0.29, 0.717) is 17.2 Å². The number of hydrogen-bond donors (Lipinski definition) is 3. The van der Waals surface area contributed by atoms with Crippen LogP contribution in [0.25, 0.3) is 10.9 Å². The molecule has 0 radical (unpaired) electrons. The highest BCUT2D eigenvalue weighted by Gasteiger charge is 2.16. The average molecular weight is 359 g/mol. The van der Waals surface area contributed by atoms with Crippen LogP contribution in [-0.2, 0) is 4.79 Å². The quantitative estimate of drug-likeness (QED) is 0.485. The van der Waals surface area contributed by atoms with Crippen molar-refractivity contribution in [2.24, 2.45) is 0 Å². The summed E-state index contributed by atoms with van der Waals surface area (Å²) in [6, 6.07) is 8.43. The maximum Gasteiger partial charge on any atom is 0.220 e. The highest BCUT2D eigenvalue weighted by molar-refractivity contribution is 7.71. The van der Waals surface area contributed by atoms with Crippen molar-refractivity contribution in [3.05, 3.63) is 29.0 Å². The third-order valence-corrected chi connectivity index (χ3v) is 4.92. The number of nitrogens with one attached hydrogen (secondary N) is 3. The fourth-order valence-electron chi connectivity index (χ4n) is 3.40. The number of carbonyl (C=O) groups excluding carboxylic acids is 1. The number of rotatable bonds is 8. The van der Waals surface area contributed by atoms with E-state index in [4.69, 9.17) is 12.2 Å². The van der Waals surface area contributed by atoms with Gasteiger partial charge in [-0.2, -0.15) is 0 Å². The summed E-state index contributed by atoms with van der Waals surface area (Å²) in [6.07, 6.45) is 8.41. The predicted octanol–water partition coefficient (Wildman–Crippen LogP) is 4.32. The molecule has 134 valence electrons. The van der Waals surface area contributed by atoms with Crippen LogP contribution in [0.5, 0.6) is 0 Å². The zero-order valence-electron chi connectivity index (χ0n) is 14.5. The molecule has 0 saturated heterocycles. The molecule has 3 rings (SSSR count). The summed E-state index contributed by atoms with van der Waals surface area (Å²) < 4.78 is 0.491. The monoisotopic (exact) mass is 358 g/mol. The SMILES string of the molecule is O=C(CCCCCNc1nc(=S)[nH]c2ccccc12)NC1CCCC1. The molecule has 0 bridgehead atoms. The van der Waals surface area contributed by atoms with Crippen LogP contribution in [0.2, 0.25) is 0 Å². The zero-order chi connectivity index (χ0) is 17.5. The van der Waals surface area contributed by atoms with Gasteiger partial charge in [0.15, 0.2) is 4.77 Å². The van der Waals surface area contributed by atoms with E-state index in [2.05, 4.69) is 20.6 Å². The Bertz CT molecular complexity index is 767. The molecule has 25 heavy (non-hydrogen) atoms. The number of hydrogen-bond acceptors (Lipinski definition) is 4. The molecule has 1 saturated carbocycles. The number of aromatic amines is 1. The highest BCUT2D eigenvalue weighted by Crippen LogP contribution is 2.19. The van der Waals surface area contributed by atoms with Crippen LogP contribution in [0.15, 0.2) is 24.3 Å². The van der Waals surface area contributed by atoms with Crippen molar-refractivity contribution in [3.63, 3.8) is 0 Å². The summed E-state index contributed by atoms with van der Waals surface area (Å²) >= 11 is 5.18. The van der Waals surface area contributed by atoms with Crippen LogP contribution < -0.4 is 10.6 Å². The lowest BCUT2D eigenvalue weighted by atomic mass is 10.1. The lowest BCUT2D eigenvalue weighted by Gasteiger charge is -2.12. The summed E-state index contributed by atoms with van der Waals surface area (Å²) in [5.74, 6) is 1.04. The van der Waals surface area contributed by atoms with E-state index < -0.39 is 0 Å². The van der Waals surface area contributed by atoms with Crippen LogP contribution >= 0.6 is 12.2 Å². The Morgan fingerprint density at radius 2 is 2.00 bits per heavy atom. The highest BCUT2D eigenvalue weighted by atomic mass is 32.1. The topological polar surface area (TPSA) is 69.8 Å². The van der Waals surface area contributed by atoms with Crippen LogP contribution in [-0.4, -0.2) is 28.5 Å². The molecule has 0 spiro atoms. The number of H-pyrrole nitrogens is 1. The molecule has 1 heterocycles. The normalized spacial score (nSPS) is 14.7. The molecule has 1 amide bonds. The van der Waals surface area contributed by atoms with Gasteiger partial charge in [0.05, 0.1) is 5.52 Å². The van der Waals surface area contributed by atoms with Crippen molar-refractivity contribution in [1.82, 2.24) is 15.3 Å². The van der Waals surface area contributed by atoms with Gasteiger partial charge in [-0.3, -0.25) is 4.79 Å². The number of aromatic nitrogens is 2. The lowest BCUT2D eigenvalue weighted by Crippen LogP contribution is -2.32. The van der Waals surface area contributed by atoms with E-state index in [1.807, 2.05) is 24.3 Å². The van der Waals surface area contributed by atoms with Gasteiger partial charge in [0.25, 0.3) is 0 Å². The van der Waals surface area contributed by atoms with Gasteiger partial charge >= 0.3 is 0 Å². The summed E-state index contributed by atoms with van der Waals surface area (Å²) in [7, 11) is 0. The van der Waals surface area contributed by atoms with Gasteiger partial charge in [0, 0.05) is 24.4 Å². The Hall–Kier alpha value is -1.95. The van der Waals surface area contributed by atoms with E-state index in [1.165, 1.54) is 12.8 Å². The molecule has 1 aromatic heterocycles. The van der Waals surface area contributed by atoms with E-state index >= 15 is 0 Å². The van der Waals surface area contributed by atoms with E-state index in [-0.39, 0.29) is 5.91 Å². The van der Waals surface area contributed by atoms with Gasteiger partial charge in [-0.25, -0.2) is 4.98 Å². The van der Waals surface area contributed by atoms with Gasteiger partial charge in [-0.1, -0.05) is 31.4 Å². The van der Waals surface area contributed by atoms with Crippen LogP contribution in [0.1, 0.15) is 51.4 Å². The fraction of sp³-hybridized carbons (Fsp3) is 0.526. The summed E-state index contributed by atoms with van der Waals surface area (Å²) in [6.45, 7) is 0.833. The number of unbranched alkanes of at least 4 members (excludes halogenated alkanes) is 2. The van der Waals surface area contributed by atoms with Crippen molar-refractivity contribution in [2.75, 3.05) is 11.9 Å². The number of para-hydroxylation sites is 1. The molecule has 6 heteroatoms. The molecule has 1 aromatic carbocycles. The zero-order valence-corrected chi connectivity index (χ0v) is 15.3. The van der Waals surface area contributed by atoms with E-state index in [1.54, 1.807) is 0 Å². The molecule has 0 aliphatic heterocycles. The first-order valence-corrected chi connectivity index (χ1v) is 9.65. The summed E-state index contributed by atoms with van der Waals surface area (Å²) in [5.41, 5.74) is 0.994. The molecule has 1 fully saturated rings. The Balaban J connectivity index is 1.37. The lowest BCUT2D eigenvalue weighted by molar-refractivity contribution is -0.121. The Labute approximate surface area is 153 Å². The minimum Gasteiger partial charge on any atom is -0.369 e. The largest absolute Gasteiger partial charge is 0.369 e. The molecule has 3 N–H and O–H groups in total. The number of fused-ring (bicyclic) bond motifs is 1. The van der Waals surface area contributed by atoms with Gasteiger partial charge in [-0.05, 0) is 50.0 Å². The maximum absolute atomic E-state index is 11.9. The van der Waals surface area contributed by atoms with Crippen molar-refractivity contribution >= 4 is 34.8 Å². The smallest absolute Gasteiger partial charge is 0.220 e. The van der Waals surface area contributed by atoms with Gasteiger partial charge in [-0.15, -0.1) is 0 Å². The van der Waals surface area contributed by atoms with Crippen molar-refractivity contribution in [2.45, 2.75) is 57.4 Å². The molecular formula is C19H26N4OS. The first-order chi connectivity index (χ1) is 12.2. The fourth-order valence-corrected chi connectivity index (χ4v) is 3.60. The Morgan fingerprint density at radius 3 is 2.84 bits per heavy atom. The van der Waals surface area contributed by atoms with Crippen molar-refractivity contribution in [1.29, 1.82) is 0 Å². The van der Waals surface area contributed by atoms with Crippen LogP contribution in [0.3, 0.4) is 0 Å². The van der Waals surface area contributed by atoms with Gasteiger partial charge in [0.1, 0.15) is 5.82 Å². The average Bonchev–Trinajstić information content (AvgIpc) is 3.10. The van der Waals surface area contributed by atoms with E-state index in [0.717, 1.165) is 55.4 Å². The third-order valence-electron chi connectivity index (χ3n) is 4.73. The van der Waals surface area contributed by atoms with Gasteiger partial charge < -0.3 is 15.6 Å². The molecule has 1 aliphatic carbocycles. The molecule has 5 nitrogen and oxygen atoms in total. The molecular weight excluding hydrogens is 332 g/mol. The number of carbonyl (C=O) groups is 1. The predicted molar refractivity (Wildman–Crippen MR) is 104 cm³/mol. The number of benzene rings is 1. The van der Waals surface area contributed by atoms with Crippen molar-refractivity contribution in [3.8, 4) is 0 Å². The second-order valence-electron chi connectivity index (χ2n) is 6.72. The second-order valence-corrected chi connectivity index (χ2v) is 7.11. The molecule has 0 unspecified atom stereocenters. The minimum atomic E-state index is 0.210. The Kier molecular flexibility index (Phi) is 6.39. The minimum absolute atomic E-state index is 0.210. The maximum atomic E-state index is 11.9. The van der Waals surface area contributed by atoms with Crippen LogP contribution in [0.4, 0.5) is 5.82 Å². The van der Waals surface area contributed by atoms with Crippen molar-refractivity contribution < 1.29 is 4.79 Å². The third kappa shape index (κ3) is 5.26. The summed E-state index contributed by atoms with van der Waals surface area (Å²) in [5, 5.41) is 7.57. The first kappa shape index (κ1) is 17.9. The summed E-state index contributed by atoms with van der Waals surface area (Å²) in [4.78, 5) is 19.4.